The van der Waals surface area contributed by atoms with Gasteiger partial charge in [0.2, 0.25) is 5.95 Å². The van der Waals surface area contributed by atoms with Crippen molar-refractivity contribution in [2.75, 3.05) is 5.73 Å². The van der Waals surface area contributed by atoms with E-state index < -0.39 is 0 Å². The van der Waals surface area contributed by atoms with E-state index in [0.29, 0.717) is 5.95 Å². The highest BCUT2D eigenvalue weighted by molar-refractivity contribution is 5.81. The number of fused-ring (bicyclic) bond motifs is 3. The molecule has 0 amide bonds. The van der Waals surface area contributed by atoms with E-state index in [-0.39, 0.29) is 43.3 Å². The number of anilines is 1. The molecule has 0 saturated heterocycles. The van der Waals surface area contributed by atoms with Crippen molar-refractivity contribution < 1.29 is 0 Å². The normalized spacial score (nSPS) is 11.9. The number of nitrogens with zero attached hydrogens (tertiary/aromatic N) is 11. The van der Waals surface area contributed by atoms with Crippen LogP contribution in [0.2, 0.25) is 0 Å². The number of hydrogen-bond donors (Lipinski definition) is 6. The van der Waals surface area contributed by atoms with E-state index in [1.165, 1.54) is 50.2 Å². The zero-order valence-electron chi connectivity index (χ0n) is 59.2. The zero-order chi connectivity index (χ0) is 67.7. The zero-order valence-corrected chi connectivity index (χ0v) is 59.2. The second kappa shape index (κ2) is 30.8. The maximum absolute atomic E-state index is 5.43. The molecule has 11 rings (SSSR count). The first-order chi connectivity index (χ1) is 41.5. The first kappa shape index (κ1) is 74.0. The van der Waals surface area contributed by atoms with E-state index in [4.69, 9.17) is 5.73 Å². The topological polar surface area (TPSA) is 247 Å². The Morgan fingerprint density at radius 3 is 1.26 bits per heavy atom. The number of rotatable bonds is 0. The van der Waals surface area contributed by atoms with Crippen LogP contribution in [0.5, 0.6) is 0 Å². The van der Waals surface area contributed by atoms with E-state index in [2.05, 4.69) is 283 Å². The van der Waals surface area contributed by atoms with Crippen LogP contribution in [0.4, 0.5) is 5.95 Å². The first-order valence-electron chi connectivity index (χ1n) is 30.9. The van der Waals surface area contributed by atoms with Gasteiger partial charge in [0.15, 0.2) is 5.65 Å². The largest absolute Gasteiger partial charge is 0.368 e. The molecule has 7 N–H and O–H groups in total. The van der Waals surface area contributed by atoms with Crippen LogP contribution in [0.3, 0.4) is 0 Å². The van der Waals surface area contributed by atoms with Gasteiger partial charge in [0.25, 0.3) is 0 Å². The van der Waals surface area contributed by atoms with Gasteiger partial charge in [-0.15, -0.1) is 0 Å². The molecule has 0 unspecified atom stereocenters. The SMILES string of the molecule is CC(C)(C)c1ccnc(N)n1.CC(C)(C)c1ccnc2[nH]ccc12.CC(C)(C)c1ccnc2ncccc12.CC(C)(C)c1ccncc1.CC(C)(C)c1cn[nH]c1.CC(C)(C)c1ncnc2[nH]ccc12.Cc1[nH]ncc1C(C)(C)C.Cc1[nH]ncc1C(C)(C)C. The maximum Gasteiger partial charge on any atom is 0.220 e. The van der Waals surface area contributed by atoms with Gasteiger partial charge in [-0.25, -0.2) is 34.9 Å². The predicted molar refractivity (Wildman–Crippen MR) is 375 cm³/mol. The van der Waals surface area contributed by atoms with Crippen LogP contribution in [0, 0.1) is 13.8 Å². The fraction of sp³-hybridized carbons (Fsp3) is 0.466. The van der Waals surface area contributed by atoms with Crippen molar-refractivity contribution in [3.8, 4) is 0 Å². The minimum absolute atomic E-state index is 0.0526. The highest BCUT2D eigenvalue weighted by Crippen LogP contribution is 2.31. The highest BCUT2D eigenvalue weighted by Gasteiger charge is 2.22. The molecule has 484 valence electrons. The molecule has 0 radical (unpaired) electrons. The summed E-state index contributed by atoms with van der Waals surface area (Å²) in [6.45, 7) is 56.3. The summed E-state index contributed by atoms with van der Waals surface area (Å²) in [5.41, 5.74) is 21.8. The first-order valence-corrected chi connectivity index (χ1v) is 30.9. The Morgan fingerprint density at radius 2 is 0.856 bits per heavy atom. The van der Waals surface area contributed by atoms with E-state index in [0.717, 1.165) is 39.1 Å². The summed E-state index contributed by atoms with van der Waals surface area (Å²) >= 11 is 0. The van der Waals surface area contributed by atoms with Gasteiger partial charge in [0.05, 0.1) is 30.0 Å². The minimum atomic E-state index is 0.0526. The fourth-order valence-electron chi connectivity index (χ4n) is 9.24. The van der Waals surface area contributed by atoms with Crippen LogP contribution in [0.1, 0.15) is 222 Å². The molecule has 0 aliphatic carbocycles. The molecule has 0 fully saturated rings. The van der Waals surface area contributed by atoms with Crippen molar-refractivity contribution in [1.29, 1.82) is 0 Å². The Hall–Kier alpha value is -8.47. The third kappa shape index (κ3) is 23.2. The van der Waals surface area contributed by atoms with Crippen LogP contribution < -0.4 is 5.73 Å². The molecule has 0 spiro atoms. The Morgan fingerprint density at radius 1 is 0.378 bits per heavy atom. The summed E-state index contributed by atoms with van der Waals surface area (Å²) in [6.07, 6.45) is 23.9. The van der Waals surface area contributed by atoms with Crippen LogP contribution in [-0.2, 0) is 43.3 Å². The summed E-state index contributed by atoms with van der Waals surface area (Å²) in [5, 5.41) is 23.9. The Kier molecular flexibility index (Phi) is 25.4. The number of nitrogens with two attached hydrogens (primary N) is 1. The van der Waals surface area contributed by atoms with E-state index in [1.807, 2.05) is 94.0 Å². The van der Waals surface area contributed by atoms with Gasteiger partial charge in [0.1, 0.15) is 17.6 Å². The summed E-state index contributed by atoms with van der Waals surface area (Å²) in [4.78, 5) is 39.3. The van der Waals surface area contributed by atoms with Crippen molar-refractivity contribution in [3.63, 3.8) is 0 Å². The van der Waals surface area contributed by atoms with E-state index in [1.54, 1.807) is 18.7 Å². The summed E-state index contributed by atoms with van der Waals surface area (Å²) < 4.78 is 0. The standard InChI is InChI=1S/C12H14N2.C11H14N2.C10H13N3.C9H13N.C8H13N3.2C8H14N2.C7H12N2/c1-12(2,3)10-6-8-14-11-9(10)5-4-7-13-11;1-11(2,3)9-5-7-13-10-8(9)4-6-12-10;1-10(2,3)8-7-4-5-11-9(7)13-6-12-8;1-9(2,3)8-4-6-10-7-5-8;1-8(2,3)6-4-5-10-7(9)11-6;2*1-6-7(5-9-10-6)8(2,3)4;1-7(2,3)6-4-8-9-5-6/h4-8H,1-3H3;4-7H,1-3H3,(H,12,13);4-6H,1-3H3,(H,11,12,13);4-7H,1-3H3;4-5H,1-3H3,(H2,9,10,11);2*5H,1-4H3,(H,9,10);4-5H,1-3H3,(H,8,9). The summed E-state index contributed by atoms with van der Waals surface area (Å²) in [6, 6.07) is 18.3. The molecular formula is C73H107N17. The summed E-state index contributed by atoms with van der Waals surface area (Å²) in [7, 11) is 0. The number of pyridine rings is 4. The van der Waals surface area contributed by atoms with E-state index >= 15 is 0 Å². The highest BCUT2D eigenvalue weighted by atomic mass is 15.1. The molecule has 11 aromatic rings. The van der Waals surface area contributed by atoms with Crippen molar-refractivity contribution in [3.05, 3.63) is 191 Å². The molecule has 11 heterocycles. The van der Waals surface area contributed by atoms with Crippen molar-refractivity contribution in [2.45, 2.75) is 223 Å². The average molecular weight is 1220 g/mol. The molecule has 0 atom stereocenters. The third-order valence-corrected chi connectivity index (χ3v) is 14.3. The van der Waals surface area contributed by atoms with Crippen LogP contribution >= 0.6 is 0 Å². The number of aromatic amines is 5. The Labute approximate surface area is 537 Å². The molecule has 17 nitrogen and oxygen atoms in total. The van der Waals surface area contributed by atoms with Gasteiger partial charge in [-0.1, -0.05) is 166 Å². The van der Waals surface area contributed by atoms with Gasteiger partial charge in [0, 0.05) is 94.1 Å². The monoisotopic (exact) mass is 1220 g/mol. The van der Waals surface area contributed by atoms with Crippen molar-refractivity contribution in [2.24, 2.45) is 0 Å². The molecular weight excluding hydrogens is 1110 g/mol. The van der Waals surface area contributed by atoms with Crippen LogP contribution in [0.25, 0.3) is 33.1 Å². The lowest BCUT2D eigenvalue weighted by Crippen LogP contribution is -2.14. The van der Waals surface area contributed by atoms with Crippen LogP contribution in [0.15, 0.2) is 135 Å². The lowest BCUT2D eigenvalue weighted by Gasteiger charge is -2.20. The van der Waals surface area contributed by atoms with Gasteiger partial charge in [-0.05, 0) is 134 Å². The van der Waals surface area contributed by atoms with E-state index in [9.17, 15) is 0 Å². The molecule has 11 aromatic heterocycles. The van der Waals surface area contributed by atoms with Crippen LogP contribution in [-0.4, -0.2) is 80.4 Å². The lowest BCUT2D eigenvalue weighted by atomic mass is 9.85. The van der Waals surface area contributed by atoms with Crippen molar-refractivity contribution in [1.82, 2.24) is 80.4 Å². The molecule has 90 heavy (non-hydrogen) atoms. The molecule has 17 heteroatoms. The molecule has 0 saturated carbocycles. The van der Waals surface area contributed by atoms with Gasteiger partial charge < -0.3 is 15.7 Å². The third-order valence-electron chi connectivity index (χ3n) is 14.3. The molecule has 0 aliphatic heterocycles. The summed E-state index contributed by atoms with van der Waals surface area (Å²) in [5.74, 6) is 0.345. The molecule has 0 aliphatic rings. The number of nitrogen functional groups attached to an aromatic ring is 1. The lowest BCUT2D eigenvalue weighted by molar-refractivity contribution is 0.568. The average Bonchev–Trinajstić information content (AvgIpc) is 1.34. The predicted octanol–water partition coefficient (Wildman–Crippen LogP) is 17.5. The number of aryl methyl sites for hydroxylation is 2. The van der Waals surface area contributed by atoms with Crippen molar-refractivity contribution >= 4 is 39.0 Å². The molecule has 0 aromatic carbocycles. The second-order valence-electron chi connectivity index (χ2n) is 30.6. The number of hydrogen-bond acceptors (Lipinski definition) is 12. The fourth-order valence-corrected chi connectivity index (χ4v) is 9.24. The van der Waals surface area contributed by atoms with Gasteiger partial charge in [-0.2, -0.15) is 15.3 Å². The maximum atomic E-state index is 5.43. The van der Waals surface area contributed by atoms with Gasteiger partial charge >= 0.3 is 0 Å². The number of nitrogens with one attached hydrogen (secondary N) is 5. The minimum Gasteiger partial charge on any atom is -0.368 e. The van der Waals surface area contributed by atoms with Gasteiger partial charge in [-0.3, -0.25) is 20.3 Å². The Balaban J connectivity index is 0.000000221. The Bertz CT molecular complexity index is 3700. The number of aromatic nitrogens is 16. The second-order valence-corrected chi connectivity index (χ2v) is 30.6. The smallest absolute Gasteiger partial charge is 0.220 e. The molecule has 0 bridgehead atoms. The number of H-pyrrole nitrogens is 5. The quantitative estimate of drug-likeness (QED) is 0.0830.